The zero-order valence-corrected chi connectivity index (χ0v) is 17.3. The number of hydrogen-bond acceptors (Lipinski definition) is 6. The van der Waals surface area contributed by atoms with Crippen molar-refractivity contribution in [1.29, 1.82) is 0 Å². The maximum Gasteiger partial charge on any atom is 0.275 e. The first kappa shape index (κ1) is 18.7. The molecule has 154 valence electrons. The van der Waals surface area contributed by atoms with E-state index >= 15 is 0 Å². The molecule has 4 unspecified atom stereocenters. The van der Waals surface area contributed by atoms with Gasteiger partial charge in [0, 0.05) is 24.0 Å². The Hall–Kier alpha value is -3.29. The normalized spacial score (nSPS) is 25.0. The predicted octanol–water partition coefficient (Wildman–Crippen LogP) is 2.74. The molecule has 0 radical (unpaired) electrons. The van der Waals surface area contributed by atoms with Gasteiger partial charge in [0.1, 0.15) is 11.8 Å². The first-order chi connectivity index (χ1) is 14.5. The van der Waals surface area contributed by atoms with Crippen LogP contribution < -0.4 is 4.74 Å². The van der Waals surface area contributed by atoms with Crippen LogP contribution in [0.5, 0.6) is 5.88 Å². The van der Waals surface area contributed by atoms with E-state index in [2.05, 4.69) is 27.1 Å². The second kappa shape index (κ2) is 7.19. The van der Waals surface area contributed by atoms with E-state index in [4.69, 9.17) is 4.74 Å². The van der Waals surface area contributed by atoms with Gasteiger partial charge in [0.2, 0.25) is 5.88 Å². The molecule has 0 spiro atoms. The van der Waals surface area contributed by atoms with Gasteiger partial charge in [0.15, 0.2) is 5.69 Å². The van der Waals surface area contributed by atoms with E-state index in [1.54, 1.807) is 18.6 Å². The SMILES string of the molecule is Cc1ccc(OC2CC3CC2N(C(=O)c2nc(C)ccc2-n2nccn2)C3C)nc1. The number of likely N-dealkylation sites (tertiary alicyclic amines) is 1. The molecule has 2 aliphatic rings. The lowest BCUT2D eigenvalue weighted by Gasteiger charge is -2.37. The van der Waals surface area contributed by atoms with Crippen LogP contribution in [0.3, 0.4) is 0 Å². The summed E-state index contributed by atoms with van der Waals surface area (Å²) in [6, 6.07) is 7.72. The summed E-state index contributed by atoms with van der Waals surface area (Å²) in [5, 5.41) is 8.39. The molecule has 1 amide bonds. The standard InChI is InChI=1S/C22H24N6O2/c1-13-4-7-20(23-12-13)30-19-11-16-10-18(19)27(15(16)3)22(29)21-17(6-5-14(2)26-21)28-24-8-9-25-28/h4-9,12,15-16,18-19H,10-11H2,1-3H3. The van der Waals surface area contributed by atoms with Crippen LogP contribution in [-0.4, -0.2) is 54.0 Å². The summed E-state index contributed by atoms with van der Waals surface area (Å²) in [5.41, 5.74) is 2.83. The average molecular weight is 404 g/mol. The van der Waals surface area contributed by atoms with Crippen LogP contribution in [0.15, 0.2) is 42.9 Å². The summed E-state index contributed by atoms with van der Waals surface area (Å²) >= 11 is 0. The lowest BCUT2D eigenvalue weighted by Crippen LogP contribution is -2.51. The van der Waals surface area contributed by atoms with Gasteiger partial charge < -0.3 is 9.64 Å². The molecule has 1 aliphatic heterocycles. The molecule has 1 saturated carbocycles. The molecular formula is C22H24N6O2. The number of pyridine rings is 2. The van der Waals surface area contributed by atoms with Crippen LogP contribution in [0.25, 0.3) is 5.69 Å². The van der Waals surface area contributed by atoms with Gasteiger partial charge in [0.25, 0.3) is 5.91 Å². The summed E-state index contributed by atoms with van der Waals surface area (Å²) in [7, 11) is 0. The highest BCUT2D eigenvalue weighted by atomic mass is 16.5. The van der Waals surface area contributed by atoms with Crippen LogP contribution in [-0.2, 0) is 0 Å². The quantitative estimate of drug-likeness (QED) is 0.665. The first-order valence-corrected chi connectivity index (χ1v) is 10.3. The number of fused-ring (bicyclic) bond motifs is 2. The molecule has 1 saturated heterocycles. The topological polar surface area (TPSA) is 86.0 Å². The van der Waals surface area contributed by atoms with Gasteiger partial charge in [-0.3, -0.25) is 4.79 Å². The lowest BCUT2D eigenvalue weighted by molar-refractivity contribution is 0.0309. The summed E-state index contributed by atoms with van der Waals surface area (Å²) in [6.45, 7) is 5.99. The Kier molecular flexibility index (Phi) is 4.49. The monoisotopic (exact) mass is 404 g/mol. The highest BCUT2D eigenvalue weighted by molar-refractivity contribution is 5.96. The van der Waals surface area contributed by atoms with E-state index < -0.39 is 0 Å². The van der Waals surface area contributed by atoms with Gasteiger partial charge in [-0.25, -0.2) is 9.97 Å². The van der Waals surface area contributed by atoms with E-state index in [-0.39, 0.29) is 24.1 Å². The second-order valence-corrected chi connectivity index (χ2v) is 8.22. The van der Waals surface area contributed by atoms with Crippen molar-refractivity contribution in [3.8, 4) is 11.6 Å². The average Bonchev–Trinajstić information content (AvgIpc) is 3.46. The molecule has 1 aliphatic carbocycles. The van der Waals surface area contributed by atoms with Crippen LogP contribution in [0.1, 0.15) is 41.5 Å². The second-order valence-electron chi connectivity index (χ2n) is 8.22. The van der Waals surface area contributed by atoms with Crippen LogP contribution in [0.4, 0.5) is 0 Å². The number of aryl methyl sites for hydroxylation is 2. The minimum Gasteiger partial charge on any atom is -0.472 e. The van der Waals surface area contributed by atoms with Gasteiger partial charge in [-0.15, -0.1) is 4.80 Å². The Morgan fingerprint density at radius 1 is 1.10 bits per heavy atom. The maximum atomic E-state index is 13.7. The lowest BCUT2D eigenvalue weighted by atomic mass is 9.98. The zero-order chi connectivity index (χ0) is 20.8. The van der Waals surface area contributed by atoms with Crippen molar-refractivity contribution >= 4 is 5.91 Å². The molecule has 8 heteroatoms. The summed E-state index contributed by atoms with van der Waals surface area (Å²) in [5.74, 6) is 0.912. The molecule has 30 heavy (non-hydrogen) atoms. The fourth-order valence-corrected chi connectivity index (χ4v) is 4.70. The molecule has 0 N–H and O–H groups in total. The number of nitrogens with zero attached hydrogens (tertiary/aromatic N) is 6. The van der Waals surface area contributed by atoms with Crippen molar-refractivity contribution in [1.82, 2.24) is 29.9 Å². The number of rotatable bonds is 4. The van der Waals surface area contributed by atoms with E-state index in [0.717, 1.165) is 24.1 Å². The van der Waals surface area contributed by atoms with Gasteiger partial charge in [-0.2, -0.15) is 10.2 Å². The molecule has 3 aromatic rings. The third-order valence-corrected chi connectivity index (χ3v) is 6.23. The summed E-state index contributed by atoms with van der Waals surface area (Å²) in [4.78, 5) is 26.0. The van der Waals surface area contributed by atoms with Gasteiger partial charge >= 0.3 is 0 Å². The Morgan fingerprint density at radius 2 is 1.90 bits per heavy atom. The van der Waals surface area contributed by atoms with Crippen molar-refractivity contribution in [3.05, 3.63) is 59.8 Å². The number of piperidine rings is 1. The highest BCUT2D eigenvalue weighted by Gasteiger charge is 2.53. The zero-order valence-electron chi connectivity index (χ0n) is 17.3. The van der Waals surface area contributed by atoms with Crippen molar-refractivity contribution < 1.29 is 9.53 Å². The molecule has 2 bridgehead atoms. The first-order valence-electron chi connectivity index (χ1n) is 10.3. The fraction of sp³-hybridized carbons (Fsp3) is 0.409. The number of aromatic nitrogens is 5. The molecule has 4 atom stereocenters. The number of carbonyl (C=O) groups is 1. The molecule has 8 nitrogen and oxygen atoms in total. The molecule has 4 heterocycles. The summed E-state index contributed by atoms with van der Waals surface area (Å²) < 4.78 is 6.20. The Labute approximate surface area is 174 Å². The Bertz CT molecular complexity index is 1070. The third-order valence-electron chi connectivity index (χ3n) is 6.23. The van der Waals surface area contributed by atoms with Gasteiger partial charge in [-0.05, 0) is 57.2 Å². The van der Waals surface area contributed by atoms with Crippen molar-refractivity contribution in [3.63, 3.8) is 0 Å². The van der Waals surface area contributed by atoms with Gasteiger partial charge in [-0.1, -0.05) is 6.07 Å². The third kappa shape index (κ3) is 3.12. The van der Waals surface area contributed by atoms with E-state index in [9.17, 15) is 4.79 Å². The Morgan fingerprint density at radius 3 is 2.60 bits per heavy atom. The molecule has 3 aromatic heterocycles. The van der Waals surface area contributed by atoms with Crippen LogP contribution >= 0.6 is 0 Å². The molecule has 2 fully saturated rings. The largest absolute Gasteiger partial charge is 0.472 e. The minimum absolute atomic E-state index is 0.00125. The molecule has 0 aromatic carbocycles. The Balaban J connectivity index is 1.45. The number of amides is 1. The summed E-state index contributed by atoms with van der Waals surface area (Å²) in [6.07, 6.45) is 6.78. The van der Waals surface area contributed by atoms with E-state index in [0.29, 0.717) is 23.2 Å². The number of hydrogen-bond donors (Lipinski definition) is 0. The van der Waals surface area contributed by atoms with E-state index in [1.807, 2.05) is 43.0 Å². The van der Waals surface area contributed by atoms with Gasteiger partial charge in [0.05, 0.1) is 18.4 Å². The number of carbonyl (C=O) groups excluding carboxylic acids is 1. The fourth-order valence-electron chi connectivity index (χ4n) is 4.70. The van der Waals surface area contributed by atoms with Crippen molar-refractivity contribution in [2.24, 2.45) is 5.92 Å². The van der Waals surface area contributed by atoms with Crippen molar-refractivity contribution in [2.75, 3.05) is 0 Å². The molecule has 5 rings (SSSR count). The highest BCUT2D eigenvalue weighted by Crippen LogP contribution is 2.44. The van der Waals surface area contributed by atoms with Crippen LogP contribution in [0, 0.1) is 19.8 Å². The number of ether oxygens (including phenoxy) is 1. The smallest absolute Gasteiger partial charge is 0.275 e. The molecular weight excluding hydrogens is 380 g/mol. The van der Waals surface area contributed by atoms with E-state index in [1.165, 1.54) is 4.80 Å². The van der Waals surface area contributed by atoms with Crippen LogP contribution in [0.2, 0.25) is 0 Å². The maximum absolute atomic E-state index is 13.7. The van der Waals surface area contributed by atoms with Crippen molar-refractivity contribution in [2.45, 2.75) is 51.8 Å². The minimum atomic E-state index is -0.101. The predicted molar refractivity (Wildman–Crippen MR) is 109 cm³/mol.